The van der Waals surface area contributed by atoms with E-state index < -0.39 is 34.4 Å². The van der Waals surface area contributed by atoms with Crippen molar-refractivity contribution in [1.29, 1.82) is 0 Å². The van der Waals surface area contributed by atoms with E-state index in [0.717, 1.165) is 0 Å². The molecule has 0 aromatic heterocycles. The summed E-state index contributed by atoms with van der Waals surface area (Å²) in [4.78, 5) is 20.0. The van der Waals surface area contributed by atoms with Gasteiger partial charge in [0.15, 0.2) is 0 Å². The van der Waals surface area contributed by atoms with Gasteiger partial charge < -0.3 is 16.6 Å². The van der Waals surface area contributed by atoms with E-state index in [4.69, 9.17) is 35.4 Å². The molecular weight excluding hydrogens is 402 g/mol. The van der Waals surface area contributed by atoms with Gasteiger partial charge in [-0.3, -0.25) is 9.59 Å². The molecule has 0 heterocycles. The minimum atomic E-state index is -1.23. The first-order chi connectivity index (χ1) is 5.95. The molecule has 0 fully saturated rings. The molecule has 82 valence electrons. The molecule has 1 amide bonds. The van der Waals surface area contributed by atoms with Crippen LogP contribution in [0.5, 0.6) is 0 Å². The van der Waals surface area contributed by atoms with Crippen LogP contribution in [0, 0.1) is 0 Å². The number of primary amides is 1. The maximum Gasteiger partial charge on any atom is 0.285 e. The quantitative estimate of drug-likeness (QED) is 0.725. The zero-order valence-corrected chi connectivity index (χ0v) is 10.2. The fourth-order valence-electron chi connectivity index (χ4n) is 0.410. The van der Waals surface area contributed by atoms with Crippen molar-refractivity contribution >= 4 is 30.7 Å². The molecule has 8 heteroatoms. The number of nitrogens with one attached hydrogen (secondary N) is 1. The van der Waals surface area contributed by atoms with Crippen LogP contribution < -0.4 is 5.73 Å². The molecule has 13 heavy (non-hydrogen) atoms. The van der Waals surface area contributed by atoms with Crippen LogP contribution in [0.4, 0.5) is 0 Å². The summed E-state index contributed by atoms with van der Waals surface area (Å²) < 4.78 is 0. The molecule has 4 N–H and O–H groups in total. The molecular formula is C5H9Cl2N2O3Pt-. The number of carbonyl (C=O) groups is 2. The fourth-order valence-corrected chi connectivity index (χ4v) is 0.410. The fraction of sp³-hybridized carbons (Fsp3) is 0.600. The first kappa shape index (κ1) is 15.6. The third-order valence-electron chi connectivity index (χ3n) is 0.978. The van der Waals surface area contributed by atoms with Crippen molar-refractivity contribution in [2.24, 2.45) is 5.73 Å². The Morgan fingerprint density at radius 3 is 2.15 bits per heavy atom. The third-order valence-corrected chi connectivity index (χ3v) is 0.978. The van der Waals surface area contributed by atoms with Crippen LogP contribution in [0.25, 0.3) is 5.73 Å². The molecule has 0 bridgehead atoms. The second kappa shape index (κ2) is 10.3. The molecule has 0 radical (unpaired) electrons. The van der Waals surface area contributed by atoms with E-state index in [1.54, 1.807) is 0 Å². The van der Waals surface area contributed by atoms with Crippen LogP contribution in [0.1, 0.15) is 12.8 Å². The Morgan fingerprint density at radius 2 is 1.92 bits per heavy atom. The standard InChI is InChI=1S/C5H9N2O3.2ClH.Pt/c6-3(5(9)10)1-2-4(7)8;;;/h3,6H,1-2H2,(H2,7,8)(H,9,10);2*1H;/q-1;;;+2/p-2. The van der Waals surface area contributed by atoms with Crippen molar-refractivity contribution in [2.75, 3.05) is 0 Å². The van der Waals surface area contributed by atoms with E-state index in [9.17, 15) is 9.59 Å². The Hall–Kier alpha value is 0.168. The number of halogens is 2. The van der Waals surface area contributed by atoms with Gasteiger partial charge in [-0.15, -0.1) is 0 Å². The minimum absolute atomic E-state index is 0.00926. The largest absolute Gasteiger partial charge is 0.665 e. The average molecular weight is 411 g/mol. The average Bonchev–Trinajstić information content (AvgIpc) is 2.01. The number of carbonyl (C=O) groups excluding carboxylic acids is 1. The van der Waals surface area contributed by atoms with Crippen molar-refractivity contribution in [3.05, 3.63) is 5.73 Å². The predicted molar refractivity (Wildman–Crippen MR) is 45.9 cm³/mol. The van der Waals surface area contributed by atoms with Crippen LogP contribution in [-0.4, -0.2) is 23.0 Å². The number of rotatable bonds is 4. The Kier molecular flexibility index (Phi) is 12.3. The molecule has 0 aliphatic heterocycles. The summed E-state index contributed by atoms with van der Waals surface area (Å²) in [6, 6.07) is -1.23. The first-order valence-corrected chi connectivity index (χ1v) is 8.63. The molecule has 0 saturated carbocycles. The molecule has 0 aliphatic carbocycles. The van der Waals surface area contributed by atoms with Gasteiger partial charge in [0.2, 0.25) is 5.91 Å². The molecule has 0 aromatic rings. The summed E-state index contributed by atoms with van der Waals surface area (Å²) in [6.45, 7) is 0. The summed E-state index contributed by atoms with van der Waals surface area (Å²) in [7, 11) is 9.75. The van der Waals surface area contributed by atoms with E-state index >= 15 is 0 Å². The molecule has 0 rings (SSSR count). The van der Waals surface area contributed by atoms with E-state index in [1.165, 1.54) is 0 Å². The zero-order valence-electron chi connectivity index (χ0n) is 6.40. The Labute approximate surface area is 92.1 Å². The van der Waals surface area contributed by atoms with E-state index in [0.29, 0.717) is 0 Å². The molecule has 1 atom stereocenters. The number of hydrogen-bond donors (Lipinski definition) is 2. The first-order valence-electron chi connectivity index (χ1n) is 3.00. The monoisotopic (exact) mass is 410 g/mol. The van der Waals surface area contributed by atoms with Gasteiger partial charge in [0.25, 0.3) is 5.97 Å². The van der Waals surface area contributed by atoms with Crippen LogP contribution in [0.3, 0.4) is 0 Å². The van der Waals surface area contributed by atoms with Crippen molar-refractivity contribution in [2.45, 2.75) is 18.9 Å². The van der Waals surface area contributed by atoms with Gasteiger partial charge in [-0.05, 0) is 6.04 Å². The smallest absolute Gasteiger partial charge is 0.285 e. The zero-order chi connectivity index (χ0) is 10.9. The maximum absolute atomic E-state index is 10.1. The van der Waals surface area contributed by atoms with Gasteiger partial charge in [0.05, 0.1) is 0 Å². The molecule has 0 saturated heterocycles. The van der Waals surface area contributed by atoms with Gasteiger partial charge in [0, 0.05) is 6.42 Å². The summed E-state index contributed by atoms with van der Waals surface area (Å²) in [5.41, 5.74) is 11.5. The number of carboxylic acids is 1. The van der Waals surface area contributed by atoms with E-state index in [2.05, 4.69) is 0 Å². The van der Waals surface area contributed by atoms with Crippen LogP contribution in [0.2, 0.25) is 0 Å². The van der Waals surface area contributed by atoms with Gasteiger partial charge in [-0.1, -0.05) is 6.42 Å². The number of amides is 1. The van der Waals surface area contributed by atoms with Gasteiger partial charge >= 0.3 is 35.3 Å². The van der Waals surface area contributed by atoms with Gasteiger partial charge in [0.1, 0.15) is 0 Å². The molecule has 5 nitrogen and oxygen atoms in total. The molecule has 0 aromatic carbocycles. The van der Waals surface area contributed by atoms with Crippen LogP contribution in [-0.2, 0) is 26.1 Å². The van der Waals surface area contributed by atoms with Crippen molar-refractivity contribution < 1.29 is 31.2 Å². The minimum Gasteiger partial charge on any atom is -0.665 e. The van der Waals surface area contributed by atoms with E-state index in [1.807, 2.05) is 0 Å². The topological polar surface area (TPSA) is 104 Å². The Morgan fingerprint density at radius 1 is 1.54 bits per heavy atom. The van der Waals surface area contributed by atoms with Crippen molar-refractivity contribution in [3.8, 4) is 0 Å². The van der Waals surface area contributed by atoms with Crippen LogP contribution >= 0.6 is 18.8 Å². The van der Waals surface area contributed by atoms with Gasteiger partial charge in [-0.2, -0.15) is 0 Å². The second-order valence-electron chi connectivity index (χ2n) is 1.94. The molecule has 0 aliphatic rings. The van der Waals surface area contributed by atoms with E-state index in [-0.39, 0.29) is 12.8 Å². The Bertz CT molecular complexity index is 170. The number of carboxylic acid groups (broad SMARTS) is 1. The summed E-state index contributed by atoms with van der Waals surface area (Å²) in [5.74, 6) is -1.79. The second-order valence-corrected chi connectivity index (χ2v) is 5.22. The summed E-state index contributed by atoms with van der Waals surface area (Å²) in [5, 5.41) is 8.16. The molecule has 0 spiro atoms. The SMILES string of the molecule is [Cl][Pt][Cl].[NH-]C(CCC(N)=O)C(=O)O. The third kappa shape index (κ3) is 15.0. The van der Waals surface area contributed by atoms with Crippen molar-refractivity contribution in [1.82, 2.24) is 0 Å². The maximum atomic E-state index is 10.1. The number of aliphatic carboxylic acids is 1. The predicted octanol–water partition coefficient (Wildman–Crippen LogP) is 1.13. The van der Waals surface area contributed by atoms with Gasteiger partial charge in [-0.25, -0.2) is 0 Å². The normalized spacial score (nSPS) is 11.3. The van der Waals surface area contributed by atoms with Crippen LogP contribution in [0.15, 0.2) is 0 Å². The summed E-state index contributed by atoms with van der Waals surface area (Å²) >= 11 is -0.472. The number of nitrogens with two attached hydrogens (primary N) is 1. The number of hydrogen-bond acceptors (Lipinski definition) is 2. The molecule has 1 unspecified atom stereocenters. The van der Waals surface area contributed by atoms with Crippen molar-refractivity contribution in [3.63, 3.8) is 0 Å². The Balaban J connectivity index is 0. The summed E-state index contributed by atoms with van der Waals surface area (Å²) in [6.07, 6.45) is -0.0505.